The molecule has 4 atom stereocenters. The maximum Gasteiger partial charge on any atom is 0.227 e. The first-order valence-electron chi connectivity index (χ1n) is 11.3. The minimum atomic E-state index is -0.415. The summed E-state index contributed by atoms with van der Waals surface area (Å²) in [6.45, 7) is 8.52. The zero-order chi connectivity index (χ0) is 24.4. The molecule has 1 aliphatic rings. The van der Waals surface area contributed by atoms with Gasteiger partial charge in [-0.05, 0) is 31.7 Å². The lowest BCUT2D eigenvalue weighted by molar-refractivity contribution is -0.119. The summed E-state index contributed by atoms with van der Waals surface area (Å²) in [5.41, 5.74) is 2.47. The number of anilines is 1. The Labute approximate surface area is 197 Å². The van der Waals surface area contributed by atoms with E-state index in [2.05, 4.69) is 32.2 Å². The molecular weight excluding hydrogens is 426 g/mol. The molecule has 1 heterocycles. The molecule has 186 valence electrons. The molecule has 1 N–H and O–H groups in total. The number of carbonyl (C=O) groups is 1. The number of benzene rings is 1. The second kappa shape index (κ2) is 13.5. The highest BCUT2D eigenvalue weighted by Gasteiger charge is 2.28. The normalized spacial score (nSPS) is 25.7. The van der Waals surface area contributed by atoms with Crippen molar-refractivity contribution < 1.29 is 33.2 Å². The highest BCUT2D eigenvalue weighted by Crippen LogP contribution is 2.43. The molecule has 0 aliphatic carbocycles. The van der Waals surface area contributed by atoms with Crippen LogP contribution in [-0.4, -0.2) is 47.6 Å². The Hall–Kier alpha value is -2.13. The molecule has 33 heavy (non-hydrogen) atoms. The highest BCUT2D eigenvalue weighted by molar-refractivity contribution is 5.94. The van der Waals surface area contributed by atoms with E-state index in [1.807, 2.05) is 13.0 Å². The average Bonchev–Trinajstić information content (AvgIpc) is 2.76. The van der Waals surface area contributed by atoms with E-state index in [0.29, 0.717) is 23.1 Å². The molecule has 2 rings (SSSR count). The molecular formula is C25H39NO7. The standard InChI is InChI=1S/C25H39NO7/c1-16-8-17(2)10-19(4)25(27)26-22-12-20(31-13-28-5)11-21(24(22)33-15-30-7)23(18(3)9-16)32-14-29-6/h9,11-12,17-19,23H,8,10,13-15H2,1-7H3,(H,26,27)/b16-9-/t17-,18-,19?,23+/m0/s1. The van der Waals surface area contributed by atoms with Crippen molar-refractivity contribution in [3.05, 3.63) is 29.3 Å². The van der Waals surface area contributed by atoms with Gasteiger partial charge in [-0.2, -0.15) is 0 Å². The van der Waals surface area contributed by atoms with Gasteiger partial charge >= 0.3 is 0 Å². The van der Waals surface area contributed by atoms with Crippen LogP contribution in [0.1, 0.15) is 52.2 Å². The number of carbonyl (C=O) groups excluding carboxylic acids is 1. The van der Waals surface area contributed by atoms with Crippen molar-refractivity contribution in [1.82, 2.24) is 0 Å². The van der Waals surface area contributed by atoms with Gasteiger partial charge in [-0.3, -0.25) is 4.79 Å². The van der Waals surface area contributed by atoms with Gasteiger partial charge in [0.2, 0.25) is 5.91 Å². The van der Waals surface area contributed by atoms with Crippen molar-refractivity contribution in [2.24, 2.45) is 17.8 Å². The smallest absolute Gasteiger partial charge is 0.227 e. The highest BCUT2D eigenvalue weighted by atomic mass is 16.7. The van der Waals surface area contributed by atoms with Crippen molar-refractivity contribution in [2.75, 3.05) is 47.0 Å². The predicted molar refractivity (Wildman–Crippen MR) is 126 cm³/mol. The lowest BCUT2D eigenvalue weighted by Gasteiger charge is -2.27. The van der Waals surface area contributed by atoms with Gasteiger partial charge in [-0.15, -0.1) is 0 Å². The number of amides is 1. The first kappa shape index (κ1) is 27.1. The first-order valence-corrected chi connectivity index (χ1v) is 11.3. The molecule has 1 unspecified atom stereocenters. The Morgan fingerprint density at radius 3 is 2.30 bits per heavy atom. The predicted octanol–water partition coefficient (Wildman–Crippen LogP) is 4.90. The molecule has 0 saturated carbocycles. The minimum absolute atomic E-state index is 0.00310. The van der Waals surface area contributed by atoms with Crippen LogP contribution in [0.2, 0.25) is 0 Å². The number of hydrogen-bond donors (Lipinski definition) is 1. The van der Waals surface area contributed by atoms with Gasteiger partial charge in [0.1, 0.15) is 12.5 Å². The van der Waals surface area contributed by atoms with Crippen LogP contribution in [-0.2, 0) is 23.7 Å². The zero-order valence-electron chi connectivity index (χ0n) is 20.9. The summed E-state index contributed by atoms with van der Waals surface area (Å²) in [6, 6.07) is 3.59. The first-order chi connectivity index (χ1) is 15.8. The van der Waals surface area contributed by atoms with Gasteiger partial charge in [0.25, 0.3) is 0 Å². The summed E-state index contributed by atoms with van der Waals surface area (Å²) in [5, 5.41) is 3.04. The quantitative estimate of drug-likeness (QED) is 0.410. The monoisotopic (exact) mass is 465 g/mol. The molecule has 0 saturated heterocycles. The number of hydrogen-bond acceptors (Lipinski definition) is 7. The summed E-state index contributed by atoms with van der Waals surface area (Å²) in [4.78, 5) is 13.1. The Morgan fingerprint density at radius 2 is 1.64 bits per heavy atom. The lowest BCUT2D eigenvalue weighted by Crippen LogP contribution is -2.23. The maximum atomic E-state index is 13.1. The average molecular weight is 466 g/mol. The van der Waals surface area contributed by atoms with Crippen LogP contribution in [0.5, 0.6) is 11.5 Å². The summed E-state index contributed by atoms with van der Waals surface area (Å²) in [5.74, 6) is 1.11. The third-order valence-corrected chi connectivity index (χ3v) is 5.58. The van der Waals surface area contributed by atoms with Crippen LogP contribution in [0.4, 0.5) is 5.69 Å². The van der Waals surface area contributed by atoms with Gasteiger partial charge < -0.3 is 33.7 Å². The number of allylic oxidation sites excluding steroid dienone is 1. The van der Waals surface area contributed by atoms with Gasteiger partial charge in [0.15, 0.2) is 19.3 Å². The molecule has 0 fully saturated rings. The second-order valence-electron chi connectivity index (χ2n) is 8.79. The maximum absolute atomic E-state index is 13.1. The Bertz CT molecular complexity index is 795. The van der Waals surface area contributed by atoms with Crippen LogP contribution < -0.4 is 14.8 Å². The van der Waals surface area contributed by atoms with Crippen molar-refractivity contribution in [1.29, 1.82) is 0 Å². The summed E-state index contributed by atoms with van der Waals surface area (Å²) in [7, 11) is 4.69. The number of ether oxygens (including phenoxy) is 6. The third kappa shape index (κ3) is 7.99. The fourth-order valence-electron chi connectivity index (χ4n) is 4.29. The summed E-state index contributed by atoms with van der Waals surface area (Å²) >= 11 is 0. The molecule has 0 radical (unpaired) electrons. The Kier molecular flexibility index (Phi) is 11.1. The number of methoxy groups -OCH3 is 3. The van der Waals surface area contributed by atoms with Gasteiger partial charge in [0, 0.05) is 44.8 Å². The van der Waals surface area contributed by atoms with Crippen LogP contribution in [0.15, 0.2) is 23.8 Å². The Balaban J connectivity index is 2.70. The SMILES string of the molecule is COCOc1cc2c(OCOC)c(c1)[C@H](OCOC)[C@@H](C)/C=C(/C)C[C@H](C)CC(C)C(=O)N2. The molecule has 0 aromatic heterocycles. The largest absolute Gasteiger partial charge is 0.467 e. The van der Waals surface area contributed by atoms with E-state index in [4.69, 9.17) is 28.4 Å². The van der Waals surface area contributed by atoms with E-state index in [1.165, 1.54) is 5.57 Å². The molecule has 0 spiro atoms. The van der Waals surface area contributed by atoms with Crippen LogP contribution in [0.3, 0.4) is 0 Å². The molecule has 8 nitrogen and oxygen atoms in total. The zero-order valence-corrected chi connectivity index (χ0v) is 20.9. The van der Waals surface area contributed by atoms with Crippen molar-refractivity contribution in [3.63, 3.8) is 0 Å². The van der Waals surface area contributed by atoms with Crippen LogP contribution in [0.25, 0.3) is 0 Å². The van der Waals surface area contributed by atoms with Crippen molar-refractivity contribution >= 4 is 11.6 Å². The number of rotatable bonds is 9. The minimum Gasteiger partial charge on any atom is -0.467 e. The van der Waals surface area contributed by atoms with Gasteiger partial charge in [-0.25, -0.2) is 0 Å². The molecule has 1 aliphatic heterocycles. The van der Waals surface area contributed by atoms with E-state index in [-0.39, 0.29) is 38.1 Å². The van der Waals surface area contributed by atoms with E-state index >= 15 is 0 Å². The fraction of sp³-hybridized carbons (Fsp3) is 0.640. The third-order valence-electron chi connectivity index (χ3n) is 5.58. The summed E-state index contributed by atoms with van der Waals surface area (Å²) in [6.07, 6.45) is 3.49. The van der Waals surface area contributed by atoms with Gasteiger partial charge in [0.05, 0.1) is 11.8 Å². The van der Waals surface area contributed by atoms with E-state index < -0.39 is 6.10 Å². The number of nitrogens with one attached hydrogen (secondary N) is 1. The van der Waals surface area contributed by atoms with Gasteiger partial charge in [-0.1, -0.05) is 32.4 Å². The number of fused-ring (bicyclic) bond motifs is 2. The van der Waals surface area contributed by atoms with Crippen molar-refractivity contribution in [2.45, 2.75) is 46.6 Å². The topological polar surface area (TPSA) is 84.5 Å². The second-order valence-corrected chi connectivity index (χ2v) is 8.79. The van der Waals surface area contributed by atoms with E-state index in [1.54, 1.807) is 27.4 Å². The molecule has 8 heteroatoms. The molecule has 1 amide bonds. The van der Waals surface area contributed by atoms with Crippen LogP contribution >= 0.6 is 0 Å². The van der Waals surface area contributed by atoms with E-state index in [9.17, 15) is 4.79 Å². The fourth-order valence-corrected chi connectivity index (χ4v) is 4.29. The Morgan fingerprint density at radius 1 is 0.970 bits per heavy atom. The molecule has 1 aromatic rings. The molecule has 1 aromatic carbocycles. The van der Waals surface area contributed by atoms with Crippen molar-refractivity contribution in [3.8, 4) is 11.5 Å². The molecule has 2 bridgehead atoms. The van der Waals surface area contributed by atoms with E-state index in [0.717, 1.165) is 18.4 Å². The summed E-state index contributed by atoms with van der Waals surface area (Å²) < 4.78 is 33.3. The van der Waals surface area contributed by atoms with Crippen LogP contribution in [0, 0.1) is 17.8 Å². The lowest BCUT2D eigenvalue weighted by atomic mass is 9.89.